The summed E-state index contributed by atoms with van der Waals surface area (Å²) in [6.45, 7) is 23.4. The van der Waals surface area contributed by atoms with Crippen molar-refractivity contribution in [1.29, 1.82) is 0 Å². The number of rotatable bonds is 12. The molecule has 0 heterocycles. The van der Waals surface area contributed by atoms with Gasteiger partial charge in [-0.1, -0.05) is 41.5 Å². The van der Waals surface area contributed by atoms with Gasteiger partial charge in [-0.25, -0.2) is 0 Å². The highest BCUT2D eigenvalue weighted by molar-refractivity contribution is 6.74. The summed E-state index contributed by atoms with van der Waals surface area (Å²) < 4.78 is 13.1. The molecular weight excluding hydrogens is 372 g/mol. The molecule has 0 aromatic heterocycles. The summed E-state index contributed by atoms with van der Waals surface area (Å²) in [7, 11) is -3.85. The molecular formula is C21H44O4Si2. The molecule has 160 valence electrons. The van der Waals surface area contributed by atoms with Crippen LogP contribution in [0.3, 0.4) is 0 Å². The van der Waals surface area contributed by atoms with Crippen molar-refractivity contribution in [2.45, 2.75) is 103 Å². The minimum atomic E-state index is -1.93. The molecule has 0 aliphatic rings. The number of hydrogen-bond donors (Lipinski definition) is 0. The van der Waals surface area contributed by atoms with E-state index < -0.39 is 16.6 Å². The zero-order valence-electron chi connectivity index (χ0n) is 19.5. The fourth-order valence-electron chi connectivity index (χ4n) is 2.29. The molecule has 0 rings (SSSR count). The average molecular weight is 417 g/mol. The maximum Gasteiger partial charge on any atom is 0.192 e. The fourth-order valence-corrected chi connectivity index (χ4v) is 4.49. The number of hydrogen-bond acceptors (Lipinski definition) is 4. The fraction of sp³-hybridized carbons (Fsp3) is 0.905. The van der Waals surface area contributed by atoms with Crippen molar-refractivity contribution in [3.05, 3.63) is 0 Å². The van der Waals surface area contributed by atoms with Gasteiger partial charge in [0.15, 0.2) is 16.6 Å². The Hall–Kier alpha value is -0.306. The minimum Gasteiger partial charge on any atom is -0.416 e. The summed E-state index contributed by atoms with van der Waals surface area (Å²) >= 11 is 0. The van der Waals surface area contributed by atoms with Crippen LogP contribution in [0.25, 0.3) is 0 Å². The second kappa shape index (κ2) is 9.94. The van der Waals surface area contributed by atoms with Gasteiger partial charge in [0.1, 0.15) is 12.6 Å². The summed E-state index contributed by atoms with van der Waals surface area (Å²) in [5.41, 5.74) is -0.285. The predicted octanol–water partition coefficient (Wildman–Crippen LogP) is 5.97. The van der Waals surface area contributed by atoms with Crippen molar-refractivity contribution in [3.63, 3.8) is 0 Å². The maximum absolute atomic E-state index is 11.1. The molecule has 0 radical (unpaired) electrons. The van der Waals surface area contributed by atoms with E-state index in [-0.39, 0.29) is 15.5 Å². The zero-order valence-corrected chi connectivity index (χ0v) is 21.5. The third-order valence-electron chi connectivity index (χ3n) is 6.68. The zero-order chi connectivity index (χ0) is 21.6. The van der Waals surface area contributed by atoms with Gasteiger partial charge in [0.25, 0.3) is 0 Å². The molecule has 0 N–H and O–H groups in total. The van der Waals surface area contributed by atoms with E-state index >= 15 is 0 Å². The Morgan fingerprint density at radius 2 is 0.963 bits per heavy atom. The SMILES string of the molecule is CC(C)(C)[Si](C)(C)OCC(CCC=O)(CCC=O)CO[Si](C)(C)C(C)(C)C. The van der Waals surface area contributed by atoms with Crippen LogP contribution in [0.1, 0.15) is 67.2 Å². The first-order chi connectivity index (χ1) is 12.0. The van der Waals surface area contributed by atoms with E-state index in [1.165, 1.54) is 0 Å². The van der Waals surface area contributed by atoms with Crippen LogP contribution >= 0.6 is 0 Å². The molecule has 0 unspecified atom stereocenters. The number of carbonyl (C=O) groups is 2. The van der Waals surface area contributed by atoms with E-state index in [0.29, 0.717) is 38.9 Å². The van der Waals surface area contributed by atoms with Crippen molar-refractivity contribution in [2.24, 2.45) is 5.41 Å². The molecule has 0 aromatic carbocycles. The normalized spacial score (nSPS) is 14.3. The van der Waals surface area contributed by atoms with E-state index in [4.69, 9.17) is 8.85 Å². The van der Waals surface area contributed by atoms with Gasteiger partial charge in [0, 0.05) is 31.5 Å². The molecule has 0 bridgehead atoms. The standard InChI is InChI=1S/C21H44O4Si2/c1-19(2,3)26(7,8)24-17-21(13-11-15-22,14-12-16-23)18-25-27(9,10)20(4,5)6/h15-16H,11-14,17-18H2,1-10H3. The average Bonchev–Trinajstić information content (AvgIpc) is 2.51. The first kappa shape index (κ1) is 26.7. The highest BCUT2D eigenvalue weighted by Gasteiger charge is 2.43. The molecule has 0 atom stereocenters. The monoisotopic (exact) mass is 416 g/mol. The summed E-state index contributed by atoms with van der Waals surface area (Å²) in [6.07, 6.45) is 4.28. The highest BCUT2D eigenvalue weighted by Crippen LogP contribution is 2.42. The van der Waals surface area contributed by atoms with Crippen molar-refractivity contribution in [3.8, 4) is 0 Å². The third kappa shape index (κ3) is 8.30. The van der Waals surface area contributed by atoms with Crippen LogP contribution in [-0.2, 0) is 18.4 Å². The lowest BCUT2D eigenvalue weighted by molar-refractivity contribution is -0.109. The van der Waals surface area contributed by atoms with Crippen molar-refractivity contribution in [1.82, 2.24) is 0 Å². The van der Waals surface area contributed by atoms with Gasteiger partial charge in [-0.3, -0.25) is 0 Å². The van der Waals surface area contributed by atoms with Gasteiger partial charge in [-0.15, -0.1) is 0 Å². The largest absolute Gasteiger partial charge is 0.416 e. The van der Waals surface area contributed by atoms with Crippen LogP contribution in [0.2, 0.25) is 36.3 Å². The van der Waals surface area contributed by atoms with Gasteiger partial charge in [0.05, 0.1) is 0 Å². The molecule has 0 spiro atoms. The Labute approximate surface area is 170 Å². The first-order valence-corrected chi connectivity index (χ1v) is 16.0. The topological polar surface area (TPSA) is 52.6 Å². The van der Waals surface area contributed by atoms with E-state index in [9.17, 15) is 9.59 Å². The van der Waals surface area contributed by atoms with E-state index in [1.54, 1.807) is 0 Å². The molecule has 4 nitrogen and oxygen atoms in total. The van der Waals surface area contributed by atoms with Crippen molar-refractivity contribution >= 4 is 29.2 Å². The minimum absolute atomic E-state index is 0.119. The molecule has 27 heavy (non-hydrogen) atoms. The van der Waals surface area contributed by atoms with Crippen LogP contribution in [0, 0.1) is 5.41 Å². The lowest BCUT2D eigenvalue weighted by Crippen LogP contribution is -2.48. The second-order valence-corrected chi connectivity index (χ2v) is 20.6. The van der Waals surface area contributed by atoms with Crippen molar-refractivity contribution in [2.75, 3.05) is 13.2 Å². The molecule has 0 aliphatic carbocycles. The Kier molecular flexibility index (Phi) is 9.83. The molecule has 0 aliphatic heterocycles. The Morgan fingerprint density at radius 1 is 0.667 bits per heavy atom. The quantitative estimate of drug-likeness (QED) is 0.290. The van der Waals surface area contributed by atoms with Crippen LogP contribution < -0.4 is 0 Å². The third-order valence-corrected chi connectivity index (χ3v) is 15.6. The number of aldehydes is 2. The second-order valence-electron chi connectivity index (χ2n) is 11.0. The van der Waals surface area contributed by atoms with Gasteiger partial charge in [0.2, 0.25) is 0 Å². The summed E-state index contributed by atoms with van der Waals surface area (Å²) in [4.78, 5) is 22.2. The van der Waals surface area contributed by atoms with Gasteiger partial charge in [-0.2, -0.15) is 0 Å². The summed E-state index contributed by atoms with van der Waals surface area (Å²) in [6, 6.07) is 0. The molecule has 0 saturated heterocycles. The summed E-state index contributed by atoms with van der Waals surface area (Å²) in [5.74, 6) is 0. The van der Waals surface area contributed by atoms with E-state index in [2.05, 4.69) is 67.7 Å². The van der Waals surface area contributed by atoms with Crippen molar-refractivity contribution < 1.29 is 18.4 Å². The molecule has 0 saturated carbocycles. The maximum atomic E-state index is 11.1. The predicted molar refractivity (Wildman–Crippen MR) is 119 cm³/mol. The van der Waals surface area contributed by atoms with E-state index in [0.717, 1.165) is 12.6 Å². The highest BCUT2D eigenvalue weighted by atomic mass is 28.4. The van der Waals surface area contributed by atoms with Gasteiger partial charge in [-0.05, 0) is 49.1 Å². The van der Waals surface area contributed by atoms with Gasteiger partial charge >= 0.3 is 0 Å². The molecule has 0 fully saturated rings. The summed E-state index contributed by atoms with van der Waals surface area (Å²) in [5, 5.41) is 0.239. The Balaban J connectivity index is 5.56. The van der Waals surface area contributed by atoms with Gasteiger partial charge < -0.3 is 18.4 Å². The van der Waals surface area contributed by atoms with Crippen LogP contribution in [0.15, 0.2) is 0 Å². The van der Waals surface area contributed by atoms with Crippen LogP contribution in [-0.4, -0.2) is 42.4 Å². The smallest absolute Gasteiger partial charge is 0.192 e. The molecule has 0 amide bonds. The molecule has 6 heteroatoms. The number of carbonyl (C=O) groups excluding carboxylic acids is 2. The Morgan fingerprint density at radius 3 is 1.19 bits per heavy atom. The van der Waals surface area contributed by atoms with Crippen LogP contribution in [0.5, 0.6) is 0 Å². The van der Waals surface area contributed by atoms with Crippen LogP contribution in [0.4, 0.5) is 0 Å². The molecule has 0 aromatic rings. The lowest BCUT2D eigenvalue weighted by atomic mass is 9.81. The van der Waals surface area contributed by atoms with E-state index in [1.807, 2.05) is 0 Å². The first-order valence-electron chi connectivity index (χ1n) is 10.2. The lowest BCUT2D eigenvalue weighted by Gasteiger charge is -2.44. The Bertz CT molecular complexity index is 430.